The lowest BCUT2D eigenvalue weighted by Gasteiger charge is -2.10. The highest BCUT2D eigenvalue weighted by atomic mass is 16.6. The van der Waals surface area contributed by atoms with Crippen LogP contribution in [0.4, 0.5) is 0 Å². The number of nitrogens with zero attached hydrogens (tertiary/aromatic N) is 1. The van der Waals surface area contributed by atoms with E-state index >= 15 is 0 Å². The zero-order chi connectivity index (χ0) is 17.0. The quantitative estimate of drug-likeness (QED) is 0.455. The summed E-state index contributed by atoms with van der Waals surface area (Å²) < 4.78 is 0. The third-order valence-corrected chi connectivity index (χ3v) is 2.80. The van der Waals surface area contributed by atoms with Crippen LogP contribution in [0.1, 0.15) is 64.8 Å². The van der Waals surface area contributed by atoms with E-state index in [2.05, 4.69) is 10.5 Å². The van der Waals surface area contributed by atoms with Gasteiger partial charge in [-0.3, -0.25) is 4.79 Å². The van der Waals surface area contributed by atoms with Gasteiger partial charge >= 0.3 is 0 Å². The molecule has 1 amide bonds. The Morgan fingerprint density at radius 2 is 1.86 bits per heavy atom. The van der Waals surface area contributed by atoms with E-state index in [0.29, 0.717) is 12.1 Å². The standard InChI is InChI=1S/C16H24N2O2.C2H6.H2/c1-12(2)18-20-14(4)6-5-11-17-16(19)15-9-7-13(3)8-10-15;1-2;/h7-10,14H,5-6,11H2,1-4H3,(H,17,19);1-2H3;1H. The van der Waals surface area contributed by atoms with Gasteiger partial charge in [-0.25, -0.2) is 0 Å². The Kier molecular flexibility index (Phi) is 10.8. The summed E-state index contributed by atoms with van der Waals surface area (Å²) in [7, 11) is 0. The van der Waals surface area contributed by atoms with Crippen molar-refractivity contribution in [3.05, 3.63) is 35.4 Å². The highest BCUT2D eigenvalue weighted by Gasteiger charge is 2.05. The molecular formula is C18H32N2O2. The van der Waals surface area contributed by atoms with Crippen molar-refractivity contribution in [1.29, 1.82) is 0 Å². The highest BCUT2D eigenvalue weighted by molar-refractivity contribution is 5.94. The largest absolute Gasteiger partial charge is 0.393 e. The average Bonchev–Trinajstić information content (AvgIpc) is 2.52. The molecule has 126 valence electrons. The zero-order valence-corrected chi connectivity index (χ0v) is 14.8. The van der Waals surface area contributed by atoms with E-state index in [4.69, 9.17) is 4.84 Å². The van der Waals surface area contributed by atoms with Gasteiger partial charge in [-0.2, -0.15) is 0 Å². The molecule has 4 heteroatoms. The van der Waals surface area contributed by atoms with E-state index in [9.17, 15) is 4.79 Å². The molecule has 1 atom stereocenters. The lowest BCUT2D eigenvalue weighted by atomic mass is 10.1. The summed E-state index contributed by atoms with van der Waals surface area (Å²) in [6, 6.07) is 7.57. The molecule has 1 aromatic carbocycles. The maximum Gasteiger partial charge on any atom is 0.251 e. The minimum Gasteiger partial charge on any atom is -0.393 e. The second kappa shape index (κ2) is 11.8. The van der Waals surface area contributed by atoms with Crippen LogP contribution < -0.4 is 5.32 Å². The second-order valence-corrected chi connectivity index (χ2v) is 5.22. The van der Waals surface area contributed by atoms with Crippen molar-refractivity contribution in [2.24, 2.45) is 5.16 Å². The van der Waals surface area contributed by atoms with Crippen LogP contribution in [0.5, 0.6) is 0 Å². The highest BCUT2D eigenvalue weighted by Crippen LogP contribution is 2.04. The van der Waals surface area contributed by atoms with Crippen LogP contribution in [0.15, 0.2) is 29.4 Å². The van der Waals surface area contributed by atoms with Crippen molar-refractivity contribution in [3.63, 3.8) is 0 Å². The summed E-state index contributed by atoms with van der Waals surface area (Å²) in [4.78, 5) is 17.1. The fourth-order valence-electron chi connectivity index (χ4n) is 1.65. The first-order chi connectivity index (χ1) is 10.5. The summed E-state index contributed by atoms with van der Waals surface area (Å²) in [5, 5.41) is 6.83. The number of amides is 1. The number of carbonyl (C=O) groups is 1. The Hall–Kier alpha value is -1.84. The van der Waals surface area contributed by atoms with Crippen molar-refractivity contribution >= 4 is 11.6 Å². The summed E-state index contributed by atoms with van der Waals surface area (Å²) in [6.45, 7) is 12.4. The van der Waals surface area contributed by atoms with E-state index < -0.39 is 0 Å². The van der Waals surface area contributed by atoms with Crippen LogP contribution in [-0.4, -0.2) is 24.3 Å². The van der Waals surface area contributed by atoms with E-state index in [1.54, 1.807) is 0 Å². The summed E-state index contributed by atoms with van der Waals surface area (Å²) in [6.07, 6.45) is 1.81. The summed E-state index contributed by atoms with van der Waals surface area (Å²) in [5.74, 6) is -0.0269. The molecule has 4 nitrogen and oxygen atoms in total. The Bertz CT molecular complexity index is 455. The summed E-state index contributed by atoms with van der Waals surface area (Å²) in [5.41, 5.74) is 2.76. The van der Waals surface area contributed by atoms with Gasteiger partial charge in [0.1, 0.15) is 6.10 Å². The molecule has 0 aliphatic carbocycles. The fraction of sp³-hybridized carbons (Fsp3) is 0.556. The van der Waals surface area contributed by atoms with Crippen LogP contribution >= 0.6 is 0 Å². The molecule has 0 aromatic heterocycles. The van der Waals surface area contributed by atoms with Crippen LogP contribution in [0.2, 0.25) is 0 Å². The molecule has 1 aromatic rings. The summed E-state index contributed by atoms with van der Waals surface area (Å²) >= 11 is 0. The molecule has 1 rings (SSSR count). The van der Waals surface area contributed by atoms with Crippen LogP contribution in [0, 0.1) is 6.92 Å². The zero-order valence-electron chi connectivity index (χ0n) is 14.8. The minimum atomic E-state index is -0.0269. The molecule has 1 N–H and O–H groups in total. The predicted octanol–water partition coefficient (Wildman–Crippen LogP) is 4.58. The molecular weight excluding hydrogens is 276 g/mol. The molecule has 22 heavy (non-hydrogen) atoms. The van der Waals surface area contributed by atoms with Crippen LogP contribution in [-0.2, 0) is 4.84 Å². The van der Waals surface area contributed by atoms with Gasteiger partial charge in [0.05, 0.1) is 5.71 Å². The van der Waals surface area contributed by atoms with Crippen LogP contribution in [0.25, 0.3) is 0 Å². The molecule has 0 fully saturated rings. The molecule has 0 heterocycles. The fourth-order valence-corrected chi connectivity index (χ4v) is 1.65. The van der Waals surface area contributed by atoms with E-state index in [1.165, 1.54) is 0 Å². The van der Waals surface area contributed by atoms with Crippen molar-refractivity contribution in [2.75, 3.05) is 6.54 Å². The predicted molar refractivity (Wildman–Crippen MR) is 95.5 cm³/mol. The smallest absolute Gasteiger partial charge is 0.251 e. The number of benzene rings is 1. The molecule has 0 spiro atoms. The van der Waals surface area contributed by atoms with Crippen molar-refractivity contribution in [1.82, 2.24) is 5.32 Å². The average molecular weight is 308 g/mol. The first-order valence-corrected chi connectivity index (χ1v) is 8.01. The van der Waals surface area contributed by atoms with Gasteiger partial charge in [-0.05, 0) is 52.7 Å². The van der Waals surface area contributed by atoms with E-state index in [1.807, 2.05) is 65.8 Å². The van der Waals surface area contributed by atoms with E-state index in [0.717, 1.165) is 24.1 Å². The molecule has 0 bridgehead atoms. The number of hydrogen-bond donors (Lipinski definition) is 1. The number of hydrogen-bond acceptors (Lipinski definition) is 3. The van der Waals surface area contributed by atoms with Crippen LogP contribution in [0.3, 0.4) is 0 Å². The topological polar surface area (TPSA) is 50.7 Å². The SMILES string of the molecule is CC.CC(C)=NOC(C)CCCNC(=O)c1ccc(C)cc1.[HH]. The number of carbonyl (C=O) groups excluding carboxylic acids is 1. The number of rotatable bonds is 7. The number of oxime groups is 1. The second-order valence-electron chi connectivity index (χ2n) is 5.22. The molecule has 0 saturated carbocycles. The number of nitrogens with one attached hydrogen (secondary N) is 1. The van der Waals surface area contributed by atoms with Crippen molar-refractivity contribution in [3.8, 4) is 0 Å². The van der Waals surface area contributed by atoms with Gasteiger partial charge in [0.15, 0.2) is 0 Å². The molecule has 0 radical (unpaired) electrons. The molecule has 0 aliphatic heterocycles. The minimum absolute atomic E-state index is 0. The van der Waals surface area contributed by atoms with Gasteiger partial charge < -0.3 is 10.2 Å². The third kappa shape index (κ3) is 9.16. The lowest BCUT2D eigenvalue weighted by molar-refractivity contribution is 0.0643. The monoisotopic (exact) mass is 308 g/mol. The van der Waals surface area contributed by atoms with Gasteiger partial charge in [0.25, 0.3) is 5.91 Å². The van der Waals surface area contributed by atoms with Gasteiger partial charge in [-0.1, -0.05) is 36.7 Å². The molecule has 1 unspecified atom stereocenters. The Morgan fingerprint density at radius 3 is 2.41 bits per heavy atom. The van der Waals surface area contributed by atoms with Crippen molar-refractivity contribution in [2.45, 2.75) is 60.5 Å². The molecule has 0 aliphatic rings. The maximum atomic E-state index is 11.9. The first-order valence-electron chi connectivity index (χ1n) is 8.01. The third-order valence-electron chi connectivity index (χ3n) is 2.80. The Morgan fingerprint density at radius 1 is 1.27 bits per heavy atom. The van der Waals surface area contributed by atoms with E-state index in [-0.39, 0.29) is 13.4 Å². The maximum absolute atomic E-state index is 11.9. The van der Waals surface area contributed by atoms with Gasteiger partial charge in [0.2, 0.25) is 0 Å². The lowest BCUT2D eigenvalue weighted by Crippen LogP contribution is -2.25. The normalized spacial score (nSPS) is 10.8. The Balaban J connectivity index is 0. The number of aryl methyl sites for hydroxylation is 1. The molecule has 0 saturated heterocycles. The van der Waals surface area contributed by atoms with Gasteiger partial charge in [-0.15, -0.1) is 0 Å². The van der Waals surface area contributed by atoms with Gasteiger partial charge in [0, 0.05) is 13.5 Å². The Labute approximate surface area is 136 Å². The van der Waals surface area contributed by atoms with Crippen molar-refractivity contribution < 1.29 is 11.1 Å². The first kappa shape index (κ1) is 20.2.